The van der Waals surface area contributed by atoms with Gasteiger partial charge in [0.15, 0.2) is 11.5 Å². The standard InChI is InChI=1S/C18H10BrF2N9O/c19-11-3-1-2-10-13(11)26-18(25-12-7-22-4-5-23-16(12)31)30-15(10)27-14(28-30)9-6-24-29(8-9)17(20)21/h1-8,17H,(H,23,25,26,31). The molecule has 0 bridgehead atoms. The third-order valence-corrected chi connectivity index (χ3v) is 4.98. The molecule has 0 amide bonds. The Morgan fingerprint density at radius 3 is 2.81 bits per heavy atom. The van der Waals surface area contributed by atoms with Crippen molar-refractivity contribution in [2.45, 2.75) is 6.55 Å². The van der Waals surface area contributed by atoms with Gasteiger partial charge in [-0.2, -0.15) is 18.4 Å². The van der Waals surface area contributed by atoms with Crippen LogP contribution in [0.25, 0.3) is 27.9 Å². The molecular weight excluding hydrogens is 476 g/mol. The second-order valence-corrected chi connectivity index (χ2v) is 7.13. The molecule has 0 atom stereocenters. The molecule has 0 aliphatic heterocycles. The van der Waals surface area contributed by atoms with Crippen molar-refractivity contribution in [2.24, 2.45) is 0 Å². The van der Waals surface area contributed by atoms with Crippen LogP contribution in [0.1, 0.15) is 6.55 Å². The first-order valence-electron chi connectivity index (χ1n) is 8.76. The molecule has 0 saturated carbocycles. The van der Waals surface area contributed by atoms with Gasteiger partial charge >= 0.3 is 6.55 Å². The summed E-state index contributed by atoms with van der Waals surface area (Å²) in [6, 6.07) is 5.42. The molecule has 154 valence electrons. The molecule has 4 heterocycles. The molecule has 0 aliphatic carbocycles. The molecule has 0 unspecified atom stereocenters. The summed E-state index contributed by atoms with van der Waals surface area (Å²) in [6.07, 6.45) is 6.37. The molecule has 1 N–H and O–H groups in total. The van der Waals surface area contributed by atoms with Crippen molar-refractivity contribution in [3.63, 3.8) is 0 Å². The predicted octanol–water partition coefficient (Wildman–Crippen LogP) is 3.19. The summed E-state index contributed by atoms with van der Waals surface area (Å²) in [5.74, 6) is 0.336. The van der Waals surface area contributed by atoms with E-state index in [4.69, 9.17) is 0 Å². The first-order valence-corrected chi connectivity index (χ1v) is 9.55. The second-order valence-electron chi connectivity index (χ2n) is 6.28. The van der Waals surface area contributed by atoms with Gasteiger partial charge in [0.1, 0.15) is 5.69 Å². The third kappa shape index (κ3) is 3.38. The van der Waals surface area contributed by atoms with Crippen LogP contribution in [0.15, 0.2) is 58.5 Å². The molecule has 0 fully saturated rings. The molecule has 10 nitrogen and oxygen atoms in total. The summed E-state index contributed by atoms with van der Waals surface area (Å²) in [5, 5.41) is 11.6. The summed E-state index contributed by atoms with van der Waals surface area (Å²) in [5.41, 5.74) is 0.804. The van der Waals surface area contributed by atoms with Crippen LogP contribution < -0.4 is 10.9 Å². The Labute approximate surface area is 179 Å². The molecule has 5 rings (SSSR count). The van der Waals surface area contributed by atoms with E-state index in [1.807, 2.05) is 12.1 Å². The van der Waals surface area contributed by atoms with Gasteiger partial charge in [-0.15, -0.1) is 5.10 Å². The van der Waals surface area contributed by atoms with Crippen molar-refractivity contribution in [3.05, 3.63) is 64.0 Å². The van der Waals surface area contributed by atoms with Gasteiger partial charge in [0, 0.05) is 28.4 Å². The van der Waals surface area contributed by atoms with E-state index in [1.54, 1.807) is 6.07 Å². The normalized spacial score (nSPS) is 11.5. The smallest absolute Gasteiger partial charge is 0.318 e. The lowest BCUT2D eigenvalue weighted by Crippen LogP contribution is -2.12. The Bertz CT molecular complexity index is 1500. The van der Waals surface area contributed by atoms with Gasteiger partial charge in [-0.1, -0.05) is 6.07 Å². The highest BCUT2D eigenvalue weighted by Gasteiger charge is 2.18. The number of aromatic nitrogens is 8. The highest BCUT2D eigenvalue weighted by molar-refractivity contribution is 9.10. The molecule has 5 aromatic rings. The van der Waals surface area contributed by atoms with E-state index in [2.05, 4.69) is 51.4 Å². The predicted molar refractivity (Wildman–Crippen MR) is 110 cm³/mol. The fourth-order valence-corrected chi connectivity index (χ4v) is 3.40. The lowest BCUT2D eigenvalue weighted by atomic mass is 10.2. The fraction of sp³-hybridized carbons (Fsp3) is 0.0556. The summed E-state index contributed by atoms with van der Waals surface area (Å²) < 4.78 is 28.4. The van der Waals surface area contributed by atoms with Crippen LogP contribution >= 0.6 is 15.9 Å². The molecule has 1 aromatic carbocycles. The van der Waals surface area contributed by atoms with Crippen molar-refractivity contribution in [2.75, 3.05) is 5.32 Å². The van der Waals surface area contributed by atoms with Crippen molar-refractivity contribution in [1.82, 2.24) is 39.3 Å². The highest BCUT2D eigenvalue weighted by Crippen LogP contribution is 2.29. The van der Waals surface area contributed by atoms with Gasteiger partial charge in [-0.3, -0.25) is 9.78 Å². The number of anilines is 2. The Balaban J connectivity index is 1.75. The summed E-state index contributed by atoms with van der Waals surface area (Å²) >= 11 is 3.46. The second kappa shape index (κ2) is 7.43. The number of nitrogens with one attached hydrogen (secondary N) is 1. The lowest BCUT2D eigenvalue weighted by Gasteiger charge is -2.08. The van der Waals surface area contributed by atoms with Gasteiger partial charge in [-0.25, -0.2) is 19.6 Å². The number of halogens is 3. The van der Waals surface area contributed by atoms with E-state index in [9.17, 15) is 13.6 Å². The molecule has 0 aliphatic rings. The highest BCUT2D eigenvalue weighted by atomic mass is 79.9. The van der Waals surface area contributed by atoms with Gasteiger partial charge in [-0.05, 0) is 28.1 Å². The van der Waals surface area contributed by atoms with Gasteiger partial charge in [0.25, 0.3) is 5.56 Å². The van der Waals surface area contributed by atoms with E-state index in [-0.39, 0.29) is 17.5 Å². The quantitative estimate of drug-likeness (QED) is 0.412. The van der Waals surface area contributed by atoms with Crippen molar-refractivity contribution in [3.8, 4) is 11.4 Å². The molecule has 31 heavy (non-hydrogen) atoms. The fourth-order valence-electron chi connectivity index (χ4n) is 2.95. The summed E-state index contributed by atoms with van der Waals surface area (Å²) in [4.78, 5) is 28.9. The van der Waals surface area contributed by atoms with Crippen LogP contribution in [0, 0.1) is 0 Å². The zero-order valence-corrected chi connectivity index (χ0v) is 16.9. The number of para-hydroxylation sites is 1. The SMILES string of the molecule is O=c1nccncc1Nc1nc2c(Br)cccc2c2nc(-c3cnn(C(F)F)c3)nn12. The van der Waals surface area contributed by atoms with E-state index < -0.39 is 12.1 Å². The largest absolute Gasteiger partial charge is 0.333 e. The van der Waals surface area contributed by atoms with E-state index in [0.717, 1.165) is 6.20 Å². The van der Waals surface area contributed by atoms with Crippen LogP contribution in [-0.2, 0) is 0 Å². The molecular formula is C18H10BrF2N9O. The number of alkyl halides is 2. The lowest BCUT2D eigenvalue weighted by molar-refractivity contribution is 0.0566. The maximum absolute atomic E-state index is 12.9. The first-order chi connectivity index (χ1) is 15.0. The minimum atomic E-state index is -2.78. The maximum Gasteiger partial charge on any atom is 0.333 e. The number of rotatable bonds is 4. The average molecular weight is 486 g/mol. The Kier molecular flexibility index (Phi) is 4.58. The van der Waals surface area contributed by atoms with E-state index in [1.165, 1.54) is 29.3 Å². The first kappa shape index (κ1) is 19.1. The minimum Gasteiger partial charge on any atom is -0.318 e. The van der Waals surface area contributed by atoms with Crippen molar-refractivity contribution in [1.29, 1.82) is 0 Å². The van der Waals surface area contributed by atoms with Crippen LogP contribution in [0.2, 0.25) is 0 Å². The molecule has 13 heteroatoms. The number of hydrogen-bond acceptors (Lipinski definition) is 8. The Hall–Kier alpha value is -3.87. The van der Waals surface area contributed by atoms with E-state index >= 15 is 0 Å². The number of hydrogen-bond donors (Lipinski definition) is 1. The Morgan fingerprint density at radius 1 is 1.13 bits per heavy atom. The van der Waals surface area contributed by atoms with Crippen LogP contribution in [0.4, 0.5) is 20.4 Å². The summed E-state index contributed by atoms with van der Waals surface area (Å²) in [7, 11) is 0. The van der Waals surface area contributed by atoms with Gasteiger partial charge in [0.2, 0.25) is 5.95 Å². The number of benzene rings is 1. The zero-order chi connectivity index (χ0) is 21.5. The zero-order valence-electron chi connectivity index (χ0n) is 15.3. The van der Waals surface area contributed by atoms with Gasteiger partial charge in [0.05, 0.1) is 23.5 Å². The average Bonchev–Trinajstić information content (AvgIpc) is 3.36. The van der Waals surface area contributed by atoms with Crippen molar-refractivity contribution < 1.29 is 8.78 Å². The van der Waals surface area contributed by atoms with Crippen LogP contribution in [0.5, 0.6) is 0 Å². The number of fused-ring (bicyclic) bond motifs is 3. The van der Waals surface area contributed by atoms with E-state index in [0.29, 0.717) is 31.3 Å². The van der Waals surface area contributed by atoms with Crippen LogP contribution in [0.3, 0.4) is 0 Å². The molecule has 0 spiro atoms. The molecule has 0 saturated heterocycles. The molecule has 0 radical (unpaired) electrons. The Morgan fingerprint density at radius 2 is 2.00 bits per heavy atom. The minimum absolute atomic E-state index is 0.0766. The monoisotopic (exact) mass is 485 g/mol. The third-order valence-electron chi connectivity index (χ3n) is 4.34. The van der Waals surface area contributed by atoms with Crippen molar-refractivity contribution >= 4 is 44.1 Å². The summed E-state index contributed by atoms with van der Waals surface area (Å²) in [6.45, 7) is -2.78. The van der Waals surface area contributed by atoms with Gasteiger partial charge < -0.3 is 5.32 Å². The topological polar surface area (TPSA) is 116 Å². The molecule has 4 aromatic heterocycles. The maximum atomic E-state index is 12.9. The number of nitrogens with zero attached hydrogens (tertiary/aromatic N) is 8. The van der Waals surface area contributed by atoms with Crippen LogP contribution in [-0.4, -0.2) is 39.3 Å².